The van der Waals surface area contributed by atoms with Crippen molar-refractivity contribution in [2.24, 2.45) is 4.99 Å². The number of rotatable bonds is 6. The number of halogens is 3. The maximum absolute atomic E-state index is 14.1. The zero-order chi connectivity index (χ0) is 21.6. The van der Waals surface area contributed by atoms with Crippen molar-refractivity contribution in [2.75, 3.05) is 33.9 Å². The third-order valence-electron chi connectivity index (χ3n) is 5.74. The minimum Gasteiger partial charge on any atom is -0.494 e. The molecule has 0 aliphatic carbocycles. The number of hydrogen-bond acceptors (Lipinski definition) is 3. The number of aliphatic imine (C=N–C) groups is 1. The van der Waals surface area contributed by atoms with Crippen LogP contribution in [0.4, 0.5) is 4.39 Å². The lowest BCUT2D eigenvalue weighted by molar-refractivity contribution is 0.0514. The monoisotopic (exact) mass is 561 g/mol. The highest BCUT2D eigenvalue weighted by molar-refractivity contribution is 14.0. The minimum atomic E-state index is -0.383. The molecule has 31 heavy (non-hydrogen) atoms. The minimum absolute atomic E-state index is 0. The van der Waals surface area contributed by atoms with E-state index in [1.807, 2.05) is 31.2 Å². The zero-order valence-electron chi connectivity index (χ0n) is 18.1. The molecule has 0 aromatic heterocycles. The summed E-state index contributed by atoms with van der Waals surface area (Å²) in [5, 5.41) is 7.56. The number of nitrogens with zero attached hydrogens (tertiary/aromatic N) is 1. The standard InChI is InChI=1S/C23H29ClFN3O2.HI/c1-16(17-8-9-21(29-3)20(25)14-17)28-22(26-2)27-15-23(10-12-30-13-11-23)18-6-4-5-7-19(18)24;/h4-9,14,16H,10-13,15H2,1-3H3,(H2,26,27,28);1H. The first-order valence-corrected chi connectivity index (χ1v) is 10.5. The maximum atomic E-state index is 14.1. The molecule has 8 heteroatoms. The molecular weight excluding hydrogens is 532 g/mol. The van der Waals surface area contributed by atoms with Crippen LogP contribution in [-0.4, -0.2) is 39.9 Å². The van der Waals surface area contributed by atoms with Crippen molar-refractivity contribution in [3.05, 3.63) is 64.4 Å². The van der Waals surface area contributed by atoms with Crippen LogP contribution in [0.3, 0.4) is 0 Å². The van der Waals surface area contributed by atoms with E-state index in [0.29, 0.717) is 25.7 Å². The Hall–Kier alpha value is -1.58. The quantitative estimate of drug-likeness (QED) is 0.293. The zero-order valence-corrected chi connectivity index (χ0v) is 21.2. The molecule has 2 aromatic rings. The summed E-state index contributed by atoms with van der Waals surface area (Å²) in [6.07, 6.45) is 1.75. The van der Waals surface area contributed by atoms with Crippen molar-refractivity contribution in [3.8, 4) is 5.75 Å². The number of ether oxygens (including phenoxy) is 2. The molecule has 2 N–H and O–H groups in total. The van der Waals surface area contributed by atoms with E-state index in [9.17, 15) is 4.39 Å². The number of methoxy groups -OCH3 is 1. The molecule has 0 spiro atoms. The molecule has 3 rings (SSSR count). The third kappa shape index (κ3) is 6.23. The smallest absolute Gasteiger partial charge is 0.191 e. The molecule has 1 aliphatic heterocycles. The first-order valence-electron chi connectivity index (χ1n) is 10.1. The SMILES string of the molecule is CN=C(NCC1(c2ccccc2Cl)CCOCC1)NC(C)c1ccc(OC)c(F)c1.I. The Balaban J connectivity index is 0.00000341. The van der Waals surface area contributed by atoms with Gasteiger partial charge in [-0.05, 0) is 49.1 Å². The van der Waals surface area contributed by atoms with Gasteiger partial charge in [0.05, 0.1) is 13.2 Å². The van der Waals surface area contributed by atoms with Gasteiger partial charge in [-0.15, -0.1) is 24.0 Å². The predicted octanol–water partition coefficient (Wildman–Crippen LogP) is 5.08. The molecule has 0 radical (unpaired) electrons. The van der Waals surface area contributed by atoms with Crippen LogP contribution in [0.15, 0.2) is 47.5 Å². The van der Waals surface area contributed by atoms with Crippen LogP contribution in [0.2, 0.25) is 5.02 Å². The van der Waals surface area contributed by atoms with E-state index in [4.69, 9.17) is 21.1 Å². The van der Waals surface area contributed by atoms with Gasteiger partial charge < -0.3 is 20.1 Å². The van der Waals surface area contributed by atoms with Crippen molar-refractivity contribution < 1.29 is 13.9 Å². The van der Waals surface area contributed by atoms with Gasteiger partial charge in [0.2, 0.25) is 0 Å². The fourth-order valence-corrected chi connectivity index (χ4v) is 4.22. The van der Waals surface area contributed by atoms with Gasteiger partial charge in [0.25, 0.3) is 0 Å². The Kier molecular flexibility index (Phi) is 9.84. The topological polar surface area (TPSA) is 54.9 Å². The van der Waals surface area contributed by atoms with Crippen LogP contribution in [0, 0.1) is 5.82 Å². The van der Waals surface area contributed by atoms with Crippen molar-refractivity contribution in [2.45, 2.75) is 31.2 Å². The molecule has 5 nitrogen and oxygen atoms in total. The third-order valence-corrected chi connectivity index (χ3v) is 6.07. The van der Waals surface area contributed by atoms with Gasteiger partial charge in [-0.25, -0.2) is 4.39 Å². The maximum Gasteiger partial charge on any atom is 0.191 e. The largest absolute Gasteiger partial charge is 0.494 e. The summed E-state index contributed by atoms with van der Waals surface area (Å²) in [7, 11) is 3.18. The van der Waals surface area contributed by atoms with Crippen LogP contribution in [-0.2, 0) is 10.2 Å². The first kappa shape index (κ1) is 25.7. The number of benzene rings is 2. The first-order chi connectivity index (χ1) is 14.5. The number of guanidine groups is 1. The summed E-state index contributed by atoms with van der Waals surface area (Å²) >= 11 is 6.54. The average molecular weight is 562 g/mol. The molecule has 0 bridgehead atoms. The number of nitrogens with one attached hydrogen (secondary N) is 2. The summed E-state index contributed by atoms with van der Waals surface area (Å²) < 4.78 is 24.7. The Morgan fingerprint density at radius 2 is 1.97 bits per heavy atom. The highest BCUT2D eigenvalue weighted by Crippen LogP contribution is 2.38. The lowest BCUT2D eigenvalue weighted by atomic mass is 9.74. The molecular formula is C23H30ClFIN3O2. The van der Waals surface area contributed by atoms with Crippen molar-refractivity contribution in [1.82, 2.24) is 10.6 Å². The van der Waals surface area contributed by atoms with E-state index in [1.54, 1.807) is 13.1 Å². The van der Waals surface area contributed by atoms with Crippen molar-refractivity contribution in [3.63, 3.8) is 0 Å². The van der Waals surface area contributed by atoms with E-state index in [-0.39, 0.29) is 47.0 Å². The molecule has 1 unspecified atom stereocenters. The van der Waals surface area contributed by atoms with Gasteiger partial charge in [0, 0.05) is 37.2 Å². The molecule has 0 saturated carbocycles. The van der Waals surface area contributed by atoms with E-state index >= 15 is 0 Å². The molecule has 2 aromatic carbocycles. The molecule has 1 saturated heterocycles. The Morgan fingerprint density at radius 1 is 1.26 bits per heavy atom. The van der Waals surface area contributed by atoms with Gasteiger partial charge >= 0.3 is 0 Å². The van der Waals surface area contributed by atoms with Crippen LogP contribution in [0.25, 0.3) is 0 Å². The summed E-state index contributed by atoms with van der Waals surface area (Å²) in [5.74, 6) is 0.498. The Labute approximate surface area is 205 Å². The highest BCUT2D eigenvalue weighted by atomic mass is 127. The van der Waals surface area contributed by atoms with Gasteiger partial charge in [-0.2, -0.15) is 0 Å². The molecule has 1 atom stereocenters. The lowest BCUT2D eigenvalue weighted by Crippen LogP contribution is -2.48. The van der Waals surface area contributed by atoms with E-state index < -0.39 is 0 Å². The fourth-order valence-electron chi connectivity index (χ4n) is 3.88. The van der Waals surface area contributed by atoms with Crippen LogP contribution in [0.1, 0.15) is 36.9 Å². The molecule has 1 aliphatic rings. The average Bonchev–Trinajstić information content (AvgIpc) is 2.77. The second kappa shape index (κ2) is 11.9. The van der Waals surface area contributed by atoms with Gasteiger partial charge in [0.15, 0.2) is 17.5 Å². The predicted molar refractivity (Wildman–Crippen MR) is 134 cm³/mol. The van der Waals surface area contributed by atoms with Gasteiger partial charge in [-0.3, -0.25) is 4.99 Å². The Bertz CT molecular complexity index is 891. The number of hydrogen-bond donors (Lipinski definition) is 2. The fraction of sp³-hybridized carbons (Fsp3) is 0.435. The summed E-state index contributed by atoms with van der Waals surface area (Å²) in [4.78, 5) is 4.35. The van der Waals surface area contributed by atoms with Crippen molar-refractivity contribution >= 4 is 41.5 Å². The summed E-state index contributed by atoms with van der Waals surface area (Å²) in [5.41, 5.74) is 1.80. The normalized spacial score (nSPS) is 16.7. The Morgan fingerprint density at radius 3 is 2.58 bits per heavy atom. The molecule has 170 valence electrons. The second-order valence-electron chi connectivity index (χ2n) is 7.56. The van der Waals surface area contributed by atoms with Gasteiger partial charge in [0.1, 0.15) is 0 Å². The van der Waals surface area contributed by atoms with E-state index in [1.165, 1.54) is 13.2 Å². The van der Waals surface area contributed by atoms with Crippen molar-refractivity contribution in [1.29, 1.82) is 0 Å². The molecule has 0 amide bonds. The molecule has 1 heterocycles. The summed E-state index contributed by atoms with van der Waals surface area (Å²) in [6.45, 7) is 4.02. The highest BCUT2D eigenvalue weighted by Gasteiger charge is 2.36. The second-order valence-corrected chi connectivity index (χ2v) is 7.97. The lowest BCUT2D eigenvalue weighted by Gasteiger charge is -2.39. The van der Waals surface area contributed by atoms with Crippen LogP contribution >= 0.6 is 35.6 Å². The van der Waals surface area contributed by atoms with E-state index in [0.717, 1.165) is 29.0 Å². The van der Waals surface area contributed by atoms with E-state index in [2.05, 4.69) is 21.7 Å². The summed E-state index contributed by atoms with van der Waals surface area (Å²) in [6, 6.07) is 12.8. The van der Waals surface area contributed by atoms with Crippen LogP contribution < -0.4 is 15.4 Å². The van der Waals surface area contributed by atoms with Crippen LogP contribution in [0.5, 0.6) is 5.75 Å². The molecule has 1 fully saturated rings. The van der Waals surface area contributed by atoms with Gasteiger partial charge in [-0.1, -0.05) is 35.9 Å².